The van der Waals surface area contributed by atoms with Crippen LogP contribution in [0.5, 0.6) is 0 Å². The van der Waals surface area contributed by atoms with Crippen LogP contribution in [0.25, 0.3) is 11.4 Å². The average molecular weight is 357 g/mol. The van der Waals surface area contributed by atoms with Crippen LogP contribution in [0.1, 0.15) is 22.8 Å². The zero-order valence-electron chi connectivity index (χ0n) is 12.7. The molecule has 0 amide bonds. The Hall–Kier alpha value is -2.35. The lowest BCUT2D eigenvalue weighted by atomic mass is 10.1. The molecule has 126 valence electrons. The SMILES string of the molecule is Cc1cc(C)n(Cc2ccc(-c3noc(C(F)(F)F)n3)cc2Cl)n1. The van der Waals surface area contributed by atoms with E-state index in [1.165, 1.54) is 6.07 Å². The molecule has 0 N–H and O–H groups in total. The molecule has 0 spiro atoms. The Balaban J connectivity index is 1.87. The molecule has 24 heavy (non-hydrogen) atoms. The van der Waals surface area contributed by atoms with Gasteiger partial charge in [0, 0.05) is 16.3 Å². The molecular weight excluding hydrogens is 345 g/mol. The number of nitrogens with zero attached hydrogens (tertiary/aromatic N) is 4. The summed E-state index contributed by atoms with van der Waals surface area (Å²) in [4.78, 5) is 3.35. The molecule has 0 aliphatic heterocycles. The molecule has 9 heteroatoms. The van der Waals surface area contributed by atoms with Crippen molar-refractivity contribution in [2.45, 2.75) is 26.6 Å². The van der Waals surface area contributed by atoms with E-state index in [9.17, 15) is 13.2 Å². The molecule has 0 bridgehead atoms. The summed E-state index contributed by atoms with van der Waals surface area (Å²) in [6.45, 7) is 4.28. The molecule has 0 saturated heterocycles. The van der Waals surface area contributed by atoms with Crippen LogP contribution < -0.4 is 0 Å². The number of aryl methyl sites for hydroxylation is 2. The minimum atomic E-state index is -4.68. The van der Waals surface area contributed by atoms with E-state index >= 15 is 0 Å². The molecule has 3 rings (SSSR count). The molecule has 2 heterocycles. The second kappa shape index (κ2) is 5.94. The van der Waals surface area contributed by atoms with Crippen molar-refractivity contribution in [1.29, 1.82) is 0 Å². The first kappa shape index (κ1) is 16.5. The normalized spacial score (nSPS) is 11.9. The predicted octanol–water partition coefficient (Wildman–Crippen LogP) is 4.27. The second-order valence-corrected chi connectivity index (χ2v) is 5.72. The van der Waals surface area contributed by atoms with E-state index in [0.29, 0.717) is 17.1 Å². The van der Waals surface area contributed by atoms with E-state index < -0.39 is 12.1 Å². The molecule has 0 aliphatic carbocycles. The quantitative estimate of drug-likeness (QED) is 0.703. The number of hydrogen-bond donors (Lipinski definition) is 0. The number of alkyl halides is 3. The molecule has 0 unspecified atom stereocenters. The van der Waals surface area contributed by atoms with Gasteiger partial charge in [-0.25, -0.2) is 0 Å². The summed E-state index contributed by atoms with van der Waals surface area (Å²) < 4.78 is 43.6. The van der Waals surface area contributed by atoms with Crippen molar-refractivity contribution in [2.75, 3.05) is 0 Å². The first-order chi connectivity index (χ1) is 11.2. The maximum atomic E-state index is 12.5. The average Bonchev–Trinajstić information content (AvgIpc) is 3.08. The first-order valence-electron chi connectivity index (χ1n) is 6.95. The van der Waals surface area contributed by atoms with Gasteiger partial charge in [0.15, 0.2) is 0 Å². The third kappa shape index (κ3) is 3.28. The highest BCUT2D eigenvalue weighted by Gasteiger charge is 2.38. The van der Waals surface area contributed by atoms with Crippen LogP contribution in [0.4, 0.5) is 13.2 Å². The molecule has 0 aliphatic rings. The molecule has 5 nitrogen and oxygen atoms in total. The molecule has 0 saturated carbocycles. The molecule has 0 fully saturated rings. The Labute approximate surface area is 140 Å². The van der Waals surface area contributed by atoms with Crippen LogP contribution in [-0.2, 0) is 12.7 Å². The fourth-order valence-corrected chi connectivity index (χ4v) is 2.51. The van der Waals surface area contributed by atoms with Crippen LogP contribution in [-0.4, -0.2) is 19.9 Å². The van der Waals surface area contributed by atoms with Gasteiger partial charge in [0.25, 0.3) is 0 Å². The number of rotatable bonds is 3. The van der Waals surface area contributed by atoms with Gasteiger partial charge < -0.3 is 4.52 Å². The van der Waals surface area contributed by atoms with E-state index in [2.05, 4.69) is 19.8 Å². The highest BCUT2D eigenvalue weighted by atomic mass is 35.5. The van der Waals surface area contributed by atoms with Crippen LogP contribution in [0.3, 0.4) is 0 Å². The van der Waals surface area contributed by atoms with E-state index in [1.54, 1.807) is 16.8 Å². The van der Waals surface area contributed by atoms with Gasteiger partial charge in [-0.2, -0.15) is 23.3 Å². The Morgan fingerprint density at radius 1 is 1.21 bits per heavy atom. The largest absolute Gasteiger partial charge is 0.471 e. The Kier molecular flexibility index (Phi) is 4.08. The van der Waals surface area contributed by atoms with Gasteiger partial charge in [-0.1, -0.05) is 28.9 Å². The van der Waals surface area contributed by atoms with Gasteiger partial charge in [-0.3, -0.25) is 4.68 Å². The molecule has 3 aromatic rings. The monoisotopic (exact) mass is 356 g/mol. The van der Waals surface area contributed by atoms with Crippen LogP contribution in [0.2, 0.25) is 5.02 Å². The summed E-state index contributed by atoms with van der Waals surface area (Å²) in [6, 6.07) is 6.75. The summed E-state index contributed by atoms with van der Waals surface area (Å²) in [5, 5.41) is 8.08. The summed E-state index contributed by atoms with van der Waals surface area (Å²) >= 11 is 6.24. The third-order valence-corrected chi connectivity index (χ3v) is 3.76. The number of halogens is 4. The van der Waals surface area contributed by atoms with Crippen LogP contribution in [0.15, 0.2) is 28.8 Å². The van der Waals surface area contributed by atoms with E-state index in [4.69, 9.17) is 11.6 Å². The van der Waals surface area contributed by atoms with E-state index in [0.717, 1.165) is 17.0 Å². The summed E-state index contributed by atoms with van der Waals surface area (Å²) in [7, 11) is 0. The predicted molar refractivity (Wildman–Crippen MR) is 80.5 cm³/mol. The van der Waals surface area contributed by atoms with Crippen LogP contribution >= 0.6 is 11.6 Å². The number of aromatic nitrogens is 4. The Morgan fingerprint density at radius 3 is 2.50 bits per heavy atom. The van der Waals surface area contributed by atoms with Crippen molar-refractivity contribution in [3.8, 4) is 11.4 Å². The Bertz CT molecular complexity index is 885. The highest BCUT2D eigenvalue weighted by Crippen LogP contribution is 2.30. The lowest BCUT2D eigenvalue weighted by Crippen LogP contribution is -2.05. The molecule has 0 atom stereocenters. The topological polar surface area (TPSA) is 56.7 Å². The molecular formula is C15H12ClF3N4O. The summed E-state index contributed by atoms with van der Waals surface area (Å²) in [5.41, 5.74) is 3.01. The van der Waals surface area contributed by atoms with Crippen molar-refractivity contribution < 1.29 is 17.7 Å². The van der Waals surface area contributed by atoms with Crippen LogP contribution in [0, 0.1) is 13.8 Å². The third-order valence-electron chi connectivity index (χ3n) is 3.40. The molecule has 2 aromatic heterocycles. The molecule has 1 aromatic carbocycles. The lowest BCUT2D eigenvalue weighted by molar-refractivity contribution is -0.159. The highest BCUT2D eigenvalue weighted by molar-refractivity contribution is 6.31. The van der Waals surface area contributed by atoms with Gasteiger partial charge in [0.1, 0.15) is 0 Å². The number of hydrogen-bond acceptors (Lipinski definition) is 4. The zero-order chi connectivity index (χ0) is 17.5. The fraction of sp³-hybridized carbons (Fsp3) is 0.267. The van der Waals surface area contributed by atoms with Crippen molar-refractivity contribution >= 4 is 11.6 Å². The van der Waals surface area contributed by atoms with Crippen molar-refractivity contribution in [3.63, 3.8) is 0 Å². The standard InChI is InChI=1S/C15H12ClF3N4O/c1-8-5-9(2)23(21-8)7-11-4-3-10(6-12(11)16)13-20-14(24-22-13)15(17,18)19/h3-6H,7H2,1-2H3. The van der Waals surface area contributed by atoms with Crippen molar-refractivity contribution in [1.82, 2.24) is 19.9 Å². The smallest absolute Gasteiger partial charge is 0.329 e. The first-order valence-corrected chi connectivity index (χ1v) is 7.32. The number of benzene rings is 1. The van der Waals surface area contributed by atoms with Crippen molar-refractivity contribution in [2.24, 2.45) is 0 Å². The Morgan fingerprint density at radius 2 is 1.96 bits per heavy atom. The van der Waals surface area contributed by atoms with Gasteiger partial charge in [-0.05, 0) is 31.5 Å². The summed E-state index contributed by atoms with van der Waals surface area (Å²) in [5.74, 6) is -1.55. The van der Waals surface area contributed by atoms with Gasteiger partial charge in [0.2, 0.25) is 5.82 Å². The maximum Gasteiger partial charge on any atom is 0.471 e. The van der Waals surface area contributed by atoms with E-state index in [-0.39, 0.29) is 5.82 Å². The lowest BCUT2D eigenvalue weighted by Gasteiger charge is -2.07. The van der Waals surface area contributed by atoms with Gasteiger partial charge in [0.05, 0.1) is 12.2 Å². The van der Waals surface area contributed by atoms with Gasteiger partial charge >= 0.3 is 12.1 Å². The maximum absolute atomic E-state index is 12.5. The van der Waals surface area contributed by atoms with Crippen molar-refractivity contribution in [3.05, 3.63) is 52.1 Å². The second-order valence-electron chi connectivity index (χ2n) is 5.31. The fourth-order valence-electron chi connectivity index (χ4n) is 2.27. The van der Waals surface area contributed by atoms with Gasteiger partial charge in [-0.15, -0.1) is 0 Å². The minimum absolute atomic E-state index is 0.165. The molecule has 0 radical (unpaired) electrons. The minimum Gasteiger partial charge on any atom is -0.329 e. The zero-order valence-corrected chi connectivity index (χ0v) is 13.5. The summed E-state index contributed by atoms with van der Waals surface area (Å²) in [6.07, 6.45) is -4.68. The van der Waals surface area contributed by atoms with E-state index in [1.807, 2.05) is 19.9 Å².